The summed E-state index contributed by atoms with van der Waals surface area (Å²) in [4.78, 5) is 41.2. The molecule has 0 bridgehead atoms. The van der Waals surface area contributed by atoms with Crippen molar-refractivity contribution in [3.05, 3.63) is 129 Å². The largest absolute Gasteiger partial charge is 0.495 e. The number of amides is 2. The molecule has 0 unspecified atom stereocenters. The zero-order chi connectivity index (χ0) is 36.5. The van der Waals surface area contributed by atoms with Crippen molar-refractivity contribution in [3.63, 3.8) is 0 Å². The number of ether oxygens (including phenoxy) is 1. The van der Waals surface area contributed by atoms with Crippen LogP contribution in [-0.2, 0) is 32.6 Å². The van der Waals surface area contributed by atoms with Crippen molar-refractivity contribution < 1.29 is 27.7 Å². The van der Waals surface area contributed by atoms with Crippen LogP contribution in [0.1, 0.15) is 48.8 Å². The first-order valence-corrected chi connectivity index (χ1v) is 18.6. The lowest BCUT2D eigenvalue weighted by Gasteiger charge is -2.35. The van der Waals surface area contributed by atoms with E-state index in [-0.39, 0.29) is 46.9 Å². The number of nitrogens with zero attached hydrogens (tertiary/aromatic N) is 3. The van der Waals surface area contributed by atoms with Gasteiger partial charge < -0.3 is 15.0 Å². The summed E-state index contributed by atoms with van der Waals surface area (Å²) < 4.78 is 35.4. The molecular formula is C38H41ClN4O7S. The molecule has 0 heterocycles. The zero-order valence-electron chi connectivity index (χ0n) is 28.5. The molecule has 1 atom stereocenters. The molecule has 13 heteroatoms. The monoisotopic (exact) mass is 732 g/mol. The highest BCUT2D eigenvalue weighted by Gasteiger charge is 2.37. The maximum absolute atomic E-state index is 14.8. The van der Waals surface area contributed by atoms with E-state index in [2.05, 4.69) is 5.32 Å². The number of nitrogens with one attached hydrogen (secondary N) is 1. The minimum atomic E-state index is -4.66. The number of nitro groups is 1. The van der Waals surface area contributed by atoms with E-state index in [1.165, 1.54) is 49.3 Å². The van der Waals surface area contributed by atoms with Gasteiger partial charge in [0, 0.05) is 35.7 Å². The van der Waals surface area contributed by atoms with Crippen LogP contribution in [0.3, 0.4) is 0 Å². The van der Waals surface area contributed by atoms with Crippen LogP contribution in [0.2, 0.25) is 5.02 Å². The SMILES string of the molecule is COc1ccc(Cl)cc1N(CC(=O)N(Cc1ccccc1)[C@H](Cc1ccccc1)C(=O)NC1CCCCC1)S(=O)(=O)c1ccc(C)c([N+](=O)[O-])c1. The summed E-state index contributed by atoms with van der Waals surface area (Å²) >= 11 is 6.37. The second kappa shape index (κ2) is 16.8. The molecule has 0 aromatic heterocycles. The van der Waals surface area contributed by atoms with Crippen molar-refractivity contribution in [1.29, 1.82) is 0 Å². The van der Waals surface area contributed by atoms with E-state index in [1.54, 1.807) is 0 Å². The fourth-order valence-corrected chi connectivity index (χ4v) is 7.93. The maximum atomic E-state index is 14.8. The maximum Gasteiger partial charge on any atom is 0.273 e. The number of sulfonamides is 1. The summed E-state index contributed by atoms with van der Waals surface area (Å²) in [6.07, 6.45) is 4.92. The number of hydrogen-bond donors (Lipinski definition) is 1. The fraction of sp³-hybridized carbons (Fsp3) is 0.316. The van der Waals surface area contributed by atoms with Crippen molar-refractivity contribution >= 4 is 44.8 Å². The van der Waals surface area contributed by atoms with E-state index >= 15 is 0 Å². The van der Waals surface area contributed by atoms with Crippen LogP contribution in [0.5, 0.6) is 5.75 Å². The molecule has 1 aliphatic rings. The Balaban J connectivity index is 1.62. The Morgan fingerprint density at radius 2 is 1.59 bits per heavy atom. The number of nitro benzene ring substituents is 1. The molecule has 2 amide bonds. The van der Waals surface area contributed by atoms with Crippen LogP contribution in [0.25, 0.3) is 0 Å². The minimum Gasteiger partial charge on any atom is -0.495 e. The van der Waals surface area contributed by atoms with Crippen LogP contribution >= 0.6 is 11.6 Å². The van der Waals surface area contributed by atoms with E-state index in [9.17, 15) is 28.1 Å². The van der Waals surface area contributed by atoms with E-state index < -0.39 is 44.0 Å². The standard InChI is InChI=1S/C38H41ClN4O7S/c1-27-18-20-32(24-33(27)43(46)47)51(48,49)42(34-23-30(39)19-21-36(34)50-2)26-37(44)41(25-29-14-8-4-9-15-29)35(22-28-12-6-3-7-13-28)38(45)40-31-16-10-5-11-17-31/h3-4,6-9,12-15,18-21,23-24,31,35H,5,10-11,16-17,22,25-26H2,1-2H3,(H,40,45)/t35-/m1/s1. The van der Waals surface area contributed by atoms with E-state index in [1.807, 2.05) is 60.7 Å². The predicted octanol–water partition coefficient (Wildman–Crippen LogP) is 6.85. The van der Waals surface area contributed by atoms with Gasteiger partial charge in [-0.1, -0.05) is 97.6 Å². The van der Waals surface area contributed by atoms with Gasteiger partial charge in [-0.25, -0.2) is 8.42 Å². The van der Waals surface area contributed by atoms with Gasteiger partial charge in [0.25, 0.3) is 15.7 Å². The Kier molecular flexibility index (Phi) is 12.3. The highest BCUT2D eigenvalue weighted by molar-refractivity contribution is 7.92. The number of carbonyl (C=O) groups excluding carboxylic acids is 2. The highest BCUT2D eigenvalue weighted by atomic mass is 35.5. The predicted molar refractivity (Wildman–Crippen MR) is 196 cm³/mol. The Hall–Kier alpha value is -4.94. The molecule has 268 valence electrons. The van der Waals surface area contributed by atoms with Crippen molar-refractivity contribution in [2.45, 2.75) is 69.0 Å². The van der Waals surface area contributed by atoms with Gasteiger partial charge in [-0.3, -0.25) is 24.0 Å². The Morgan fingerprint density at radius 3 is 2.22 bits per heavy atom. The second-order valence-electron chi connectivity index (χ2n) is 12.6. The second-order valence-corrected chi connectivity index (χ2v) is 14.9. The van der Waals surface area contributed by atoms with E-state index in [0.717, 1.165) is 53.6 Å². The molecule has 11 nitrogen and oxygen atoms in total. The minimum absolute atomic E-state index is 0.00579. The quantitative estimate of drug-likeness (QED) is 0.111. The average Bonchev–Trinajstić information content (AvgIpc) is 3.13. The van der Waals surface area contributed by atoms with Crippen LogP contribution in [0, 0.1) is 17.0 Å². The molecule has 0 saturated heterocycles. The van der Waals surface area contributed by atoms with Gasteiger partial charge >= 0.3 is 0 Å². The fourth-order valence-electron chi connectivity index (χ4n) is 6.32. The third-order valence-corrected chi connectivity index (χ3v) is 11.1. The molecule has 1 N–H and O–H groups in total. The van der Waals surface area contributed by atoms with Crippen molar-refractivity contribution in [1.82, 2.24) is 10.2 Å². The normalized spacial score (nSPS) is 13.9. The van der Waals surface area contributed by atoms with Crippen molar-refractivity contribution in [3.8, 4) is 5.75 Å². The Bertz CT molecular complexity index is 1960. The smallest absolute Gasteiger partial charge is 0.273 e. The summed E-state index contributed by atoms with van der Waals surface area (Å²) in [5.74, 6) is -0.910. The number of aryl methyl sites for hydroxylation is 1. The van der Waals surface area contributed by atoms with E-state index in [4.69, 9.17) is 16.3 Å². The number of carbonyl (C=O) groups is 2. The van der Waals surface area contributed by atoms with Crippen molar-refractivity contribution in [2.24, 2.45) is 0 Å². The van der Waals surface area contributed by atoms with Gasteiger partial charge in [0.2, 0.25) is 11.8 Å². The molecular weight excluding hydrogens is 692 g/mol. The first-order chi connectivity index (χ1) is 24.5. The highest BCUT2D eigenvalue weighted by Crippen LogP contribution is 2.36. The van der Waals surface area contributed by atoms with Gasteiger partial charge in [-0.05, 0) is 55.2 Å². The molecule has 0 aliphatic heterocycles. The summed E-state index contributed by atoms with van der Waals surface area (Å²) in [5, 5.41) is 15.2. The van der Waals surface area contributed by atoms with Gasteiger partial charge in [-0.15, -0.1) is 0 Å². The Morgan fingerprint density at radius 1 is 0.941 bits per heavy atom. The van der Waals surface area contributed by atoms with Crippen LogP contribution in [-0.4, -0.2) is 55.8 Å². The lowest BCUT2D eigenvalue weighted by atomic mass is 9.94. The molecule has 5 rings (SSSR count). The first kappa shape index (κ1) is 37.3. The summed E-state index contributed by atoms with van der Waals surface area (Å²) in [7, 11) is -3.31. The molecule has 51 heavy (non-hydrogen) atoms. The molecule has 0 spiro atoms. The van der Waals surface area contributed by atoms with Gasteiger partial charge in [-0.2, -0.15) is 0 Å². The lowest BCUT2D eigenvalue weighted by Crippen LogP contribution is -2.55. The number of anilines is 1. The average molecular weight is 733 g/mol. The van der Waals surface area contributed by atoms with Gasteiger partial charge in [0.05, 0.1) is 22.6 Å². The van der Waals surface area contributed by atoms with Gasteiger partial charge in [0.1, 0.15) is 18.3 Å². The molecule has 4 aromatic carbocycles. The lowest BCUT2D eigenvalue weighted by molar-refractivity contribution is -0.385. The van der Waals surface area contributed by atoms with Crippen molar-refractivity contribution in [2.75, 3.05) is 18.0 Å². The third kappa shape index (κ3) is 9.25. The summed E-state index contributed by atoms with van der Waals surface area (Å²) in [6, 6.07) is 25.3. The number of benzene rings is 4. The topological polar surface area (TPSA) is 139 Å². The molecule has 0 radical (unpaired) electrons. The molecule has 1 fully saturated rings. The number of halogens is 1. The first-order valence-electron chi connectivity index (χ1n) is 16.8. The third-order valence-electron chi connectivity index (χ3n) is 9.07. The Labute approximate surface area is 303 Å². The van der Waals surface area contributed by atoms with Crippen LogP contribution in [0.15, 0.2) is 102 Å². The summed E-state index contributed by atoms with van der Waals surface area (Å²) in [6.45, 7) is 0.740. The van der Waals surface area contributed by atoms with E-state index in [0.29, 0.717) is 0 Å². The molecule has 4 aromatic rings. The zero-order valence-corrected chi connectivity index (χ0v) is 30.1. The molecule has 1 aliphatic carbocycles. The van der Waals surface area contributed by atoms with Gasteiger partial charge in [0.15, 0.2) is 0 Å². The number of rotatable bonds is 14. The summed E-state index contributed by atoms with van der Waals surface area (Å²) in [5.41, 5.74) is 1.38. The molecule has 1 saturated carbocycles. The number of hydrogen-bond acceptors (Lipinski definition) is 7. The number of methoxy groups -OCH3 is 1. The van der Waals surface area contributed by atoms with Crippen LogP contribution in [0.4, 0.5) is 11.4 Å². The van der Waals surface area contributed by atoms with Crippen LogP contribution < -0.4 is 14.4 Å².